The molecule has 53 heavy (non-hydrogen) atoms. The Hall–Kier alpha value is -5.78. The monoisotopic (exact) mass is 717 g/mol. The standard InChI is InChI=1S/C42H43N3O8/c1-3-5-19-44(20-6-4-2)21-11-23-50-33-16-17-34(35(26-33)30-13-8-7-9-14-30)38(46)31-15-10-12-29(24-31)28-51-43-40(47)32-18-22-45-27-37-39(36(45)25-32)53-42(49)41(48)52-37/h7-10,12-18,22,24-27H,3-6,11,19-21,23,28H2,1-2H3,(H,43,47). The van der Waals surface area contributed by atoms with Crippen LogP contribution in [-0.2, 0) is 11.4 Å². The highest BCUT2D eigenvalue weighted by atomic mass is 16.6. The van der Waals surface area contributed by atoms with Crippen molar-refractivity contribution in [3.63, 3.8) is 0 Å². The Morgan fingerprint density at radius 3 is 2.32 bits per heavy atom. The Kier molecular flexibility index (Phi) is 12.3. The molecular formula is C42H43N3O8. The van der Waals surface area contributed by atoms with Crippen molar-refractivity contribution in [2.75, 3.05) is 26.2 Å². The summed E-state index contributed by atoms with van der Waals surface area (Å²) in [6, 6.07) is 25.5. The first-order valence-electron chi connectivity index (χ1n) is 18.0. The lowest BCUT2D eigenvalue weighted by Gasteiger charge is -2.22. The third-order valence-electron chi connectivity index (χ3n) is 8.98. The number of carbonyl (C=O) groups excluding carboxylic acids is 2. The number of unbranched alkanes of at least 4 members (excludes halogenated alkanes) is 2. The van der Waals surface area contributed by atoms with Crippen LogP contribution in [0.2, 0.25) is 0 Å². The molecule has 0 bridgehead atoms. The molecule has 0 aliphatic rings. The van der Waals surface area contributed by atoms with Crippen LogP contribution in [0.15, 0.2) is 116 Å². The lowest BCUT2D eigenvalue weighted by Crippen LogP contribution is -2.28. The van der Waals surface area contributed by atoms with E-state index in [0.29, 0.717) is 34.6 Å². The number of hydroxylamine groups is 1. The van der Waals surface area contributed by atoms with Crippen LogP contribution in [0.4, 0.5) is 0 Å². The van der Waals surface area contributed by atoms with Gasteiger partial charge in [-0.05, 0) is 85.4 Å². The normalized spacial score (nSPS) is 11.4. The Morgan fingerprint density at radius 1 is 0.792 bits per heavy atom. The van der Waals surface area contributed by atoms with Crippen LogP contribution in [0.1, 0.15) is 77.8 Å². The van der Waals surface area contributed by atoms with E-state index in [9.17, 15) is 19.2 Å². The van der Waals surface area contributed by atoms with Crippen LogP contribution in [-0.4, -0.2) is 47.2 Å². The highest BCUT2D eigenvalue weighted by Crippen LogP contribution is 2.30. The van der Waals surface area contributed by atoms with Gasteiger partial charge in [-0.1, -0.05) is 75.2 Å². The van der Waals surface area contributed by atoms with E-state index in [2.05, 4.69) is 24.2 Å². The van der Waals surface area contributed by atoms with Gasteiger partial charge < -0.3 is 22.9 Å². The van der Waals surface area contributed by atoms with E-state index in [-0.39, 0.29) is 29.1 Å². The molecule has 6 aromatic rings. The maximum atomic E-state index is 14.0. The van der Waals surface area contributed by atoms with E-state index in [1.807, 2.05) is 48.5 Å². The minimum Gasteiger partial charge on any atom is -0.494 e. The lowest BCUT2D eigenvalue weighted by molar-refractivity contribution is 0.0233. The zero-order valence-electron chi connectivity index (χ0n) is 30.0. The number of aromatic nitrogens is 1. The highest BCUT2D eigenvalue weighted by molar-refractivity contribution is 6.13. The summed E-state index contributed by atoms with van der Waals surface area (Å²) in [5, 5.41) is 0. The Morgan fingerprint density at radius 2 is 1.55 bits per heavy atom. The number of ether oxygens (including phenoxy) is 1. The van der Waals surface area contributed by atoms with Crippen molar-refractivity contribution in [2.45, 2.75) is 52.6 Å². The number of benzene rings is 3. The zero-order chi connectivity index (χ0) is 37.2. The molecule has 3 aromatic carbocycles. The number of hydrogen-bond acceptors (Lipinski definition) is 9. The highest BCUT2D eigenvalue weighted by Gasteiger charge is 2.18. The van der Waals surface area contributed by atoms with Gasteiger partial charge in [0.15, 0.2) is 16.9 Å². The maximum Gasteiger partial charge on any atom is 0.423 e. The van der Waals surface area contributed by atoms with E-state index >= 15 is 0 Å². The summed E-state index contributed by atoms with van der Waals surface area (Å²) < 4.78 is 17.8. The third kappa shape index (κ3) is 9.18. The molecule has 11 heteroatoms. The molecule has 274 valence electrons. The molecule has 1 amide bonds. The smallest absolute Gasteiger partial charge is 0.423 e. The van der Waals surface area contributed by atoms with Gasteiger partial charge in [0.25, 0.3) is 5.91 Å². The van der Waals surface area contributed by atoms with Gasteiger partial charge in [0.2, 0.25) is 0 Å². The maximum absolute atomic E-state index is 14.0. The lowest BCUT2D eigenvalue weighted by atomic mass is 9.93. The minimum atomic E-state index is -1.14. The number of ketones is 1. The summed E-state index contributed by atoms with van der Waals surface area (Å²) in [7, 11) is 0. The number of hydrogen-bond donors (Lipinski definition) is 1. The van der Waals surface area contributed by atoms with Gasteiger partial charge in [0.1, 0.15) is 5.75 Å². The fourth-order valence-corrected chi connectivity index (χ4v) is 6.16. The first-order valence-corrected chi connectivity index (χ1v) is 18.0. The number of rotatable bonds is 18. The summed E-state index contributed by atoms with van der Waals surface area (Å²) in [6.07, 6.45) is 8.73. The summed E-state index contributed by atoms with van der Waals surface area (Å²) in [6.45, 7) is 8.25. The van der Waals surface area contributed by atoms with Gasteiger partial charge in [-0.2, -0.15) is 0 Å². The molecule has 0 fully saturated rings. The SMILES string of the molecule is CCCCN(CCCC)CCCOc1ccc(C(=O)c2cccc(CONC(=O)c3ccn4cc5oc(=O)c(=O)oc5c4c3)c2)c(-c2ccccc2)c1. The van der Waals surface area contributed by atoms with E-state index in [4.69, 9.17) is 18.4 Å². The summed E-state index contributed by atoms with van der Waals surface area (Å²) in [5.41, 5.74) is 4.26. The average Bonchev–Trinajstić information content (AvgIpc) is 3.53. The van der Waals surface area contributed by atoms with E-state index in [1.165, 1.54) is 44.0 Å². The van der Waals surface area contributed by atoms with E-state index in [1.54, 1.807) is 34.9 Å². The number of carbonyl (C=O) groups is 2. The summed E-state index contributed by atoms with van der Waals surface area (Å²) >= 11 is 0. The molecule has 1 N–H and O–H groups in total. The van der Waals surface area contributed by atoms with E-state index < -0.39 is 17.2 Å². The molecular weight excluding hydrogens is 674 g/mol. The first-order chi connectivity index (χ1) is 25.8. The second-order valence-corrected chi connectivity index (χ2v) is 12.9. The Labute approximate surface area is 306 Å². The van der Waals surface area contributed by atoms with Crippen molar-refractivity contribution in [2.24, 2.45) is 0 Å². The van der Waals surface area contributed by atoms with E-state index in [0.717, 1.165) is 37.2 Å². The second-order valence-electron chi connectivity index (χ2n) is 12.9. The summed E-state index contributed by atoms with van der Waals surface area (Å²) in [4.78, 5) is 58.2. The van der Waals surface area contributed by atoms with Gasteiger partial charge in [-0.3, -0.25) is 14.4 Å². The van der Waals surface area contributed by atoms with Crippen LogP contribution in [0.25, 0.3) is 27.8 Å². The minimum absolute atomic E-state index is 0.00414. The molecule has 0 unspecified atom stereocenters. The van der Waals surface area contributed by atoms with Gasteiger partial charge in [-0.15, -0.1) is 0 Å². The number of pyridine rings is 1. The van der Waals surface area contributed by atoms with Crippen LogP contribution >= 0.6 is 0 Å². The van der Waals surface area contributed by atoms with Gasteiger partial charge in [-0.25, -0.2) is 15.1 Å². The van der Waals surface area contributed by atoms with Gasteiger partial charge in [0.05, 0.1) is 24.9 Å². The fraction of sp³-hybridized carbons (Fsp3) is 0.286. The second kappa shape index (κ2) is 17.6. The first kappa shape index (κ1) is 37.0. The summed E-state index contributed by atoms with van der Waals surface area (Å²) in [5.74, 6) is 0.0142. The average molecular weight is 718 g/mol. The van der Waals surface area contributed by atoms with Crippen molar-refractivity contribution in [3.8, 4) is 16.9 Å². The largest absolute Gasteiger partial charge is 0.494 e. The molecule has 0 radical (unpaired) electrons. The number of fused-ring (bicyclic) bond motifs is 3. The quantitative estimate of drug-likeness (QED) is 0.0417. The van der Waals surface area contributed by atoms with Gasteiger partial charge >= 0.3 is 11.3 Å². The number of nitrogens with zero attached hydrogens (tertiary/aromatic N) is 2. The van der Waals surface area contributed by atoms with Crippen molar-refractivity contribution < 1.29 is 28.0 Å². The van der Waals surface area contributed by atoms with Crippen LogP contribution in [0, 0.1) is 0 Å². The van der Waals surface area contributed by atoms with Crippen molar-refractivity contribution in [1.82, 2.24) is 14.8 Å². The fourth-order valence-electron chi connectivity index (χ4n) is 6.16. The molecule has 0 atom stereocenters. The van der Waals surface area contributed by atoms with Gasteiger partial charge in [0, 0.05) is 29.4 Å². The predicted octanol–water partition coefficient (Wildman–Crippen LogP) is 7.43. The predicted molar refractivity (Wildman–Crippen MR) is 202 cm³/mol. The molecule has 0 saturated carbocycles. The number of amides is 1. The molecule has 0 aliphatic carbocycles. The third-order valence-corrected chi connectivity index (χ3v) is 8.98. The molecule has 3 aromatic heterocycles. The van der Waals surface area contributed by atoms with Crippen LogP contribution < -0.4 is 21.5 Å². The molecule has 0 aliphatic heterocycles. The van der Waals surface area contributed by atoms with Crippen molar-refractivity contribution >= 4 is 28.4 Å². The molecule has 0 saturated heterocycles. The van der Waals surface area contributed by atoms with Crippen molar-refractivity contribution in [3.05, 3.63) is 140 Å². The molecule has 0 spiro atoms. The molecule has 11 nitrogen and oxygen atoms in total. The molecule has 6 rings (SSSR count). The van der Waals surface area contributed by atoms with Crippen LogP contribution in [0.5, 0.6) is 5.75 Å². The molecule has 3 heterocycles. The van der Waals surface area contributed by atoms with Crippen molar-refractivity contribution in [1.29, 1.82) is 0 Å². The van der Waals surface area contributed by atoms with Crippen LogP contribution in [0.3, 0.4) is 0 Å². The zero-order valence-corrected chi connectivity index (χ0v) is 30.0. The topological polar surface area (TPSA) is 133 Å². The Bertz CT molecular complexity index is 2300. The number of nitrogens with one attached hydrogen (secondary N) is 1. The Balaban J connectivity index is 1.11.